The van der Waals surface area contributed by atoms with Gasteiger partial charge < -0.3 is 5.73 Å². The second-order valence-corrected chi connectivity index (χ2v) is 3.77. The van der Waals surface area contributed by atoms with Crippen LogP contribution in [0.15, 0.2) is 36.7 Å². The first-order chi connectivity index (χ1) is 8.24. The van der Waals surface area contributed by atoms with Gasteiger partial charge in [0.25, 0.3) is 0 Å². The number of hydrogen-bond donors (Lipinski definition) is 1. The van der Waals surface area contributed by atoms with E-state index in [1.807, 2.05) is 37.3 Å². The van der Waals surface area contributed by atoms with Crippen LogP contribution < -0.4 is 5.73 Å². The molecule has 5 heteroatoms. The molecule has 17 heavy (non-hydrogen) atoms. The second-order valence-electron chi connectivity index (χ2n) is 3.77. The van der Waals surface area contributed by atoms with Gasteiger partial charge in [-0.15, -0.1) is 10.2 Å². The molecule has 0 radical (unpaired) electrons. The van der Waals surface area contributed by atoms with Crippen LogP contribution in [0.4, 0.5) is 5.95 Å². The minimum atomic E-state index is -0.213. The van der Waals surface area contributed by atoms with E-state index in [0.29, 0.717) is 6.42 Å². The van der Waals surface area contributed by atoms with E-state index < -0.39 is 0 Å². The fourth-order valence-corrected chi connectivity index (χ4v) is 1.82. The highest BCUT2D eigenvalue weighted by atomic mass is 16.2. The normalized spacial score (nSPS) is 12.3. The van der Waals surface area contributed by atoms with E-state index >= 15 is 0 Å². The third-order valence-corrected chi connectivity index (χ3v) is 2.72. The average molecular weight is 230 g/mol. The van der Waals surface area contributed by atoms with Gasteiger partial charge in [0.1, 0.15) is 6.33 Å². The molecule has 0 aliphatic carbocycles. The molecule has 0 bridgehead atoms. The van der Waals surface area contributed by atoms with Gasteiger partial charge in [-0.05, 0) is 12.0 Å². The Morgan fingerprint density at radius 3 is 2.65 bits per heavy atom. The summed E-state index contributed by atoms with van der Waals surface area (Å²) < 4.78 is 1.29. The van der Waals surface area contributed by atoms with Gasteiger partial charge in [-0.3, -0.25) is 4.79 Å². The molecule has 1 aromatic heterocycles. The number of aromatic nitrogens is 3. The molecule has 0 saturated carbocycles. The predicted octanol–water partition coefficient (Wildman–Crippen LogP) is 1.69. The number of nitrogens with two attached hydrogens (primary N) is 1. The number of benzene rings is 1. The first kappa shape index (κ1) is 11.3. The van der Waals surface area contributed by atoms with Crippen LogP contribution in [0, 0.1) is 0 Å². The van der Waals surface area contributed by atoms with Crippen molar-refractivity contribution >= 4 is 11.9 Å². The molecular formula is C12H14N4O. The van der Waals surface area contributed by atoms with Crippen molar-refractivity contribution in [2.75, 3.05) is 5.73 Å². The molecule has 0 aliphatic rings. The maximum Gasteiger partial charge on any atom is 0.242 e. The third-order valence-electron chi connectivity index (χ3n) is 2.72. The van der Waals surface area contributed by atoms with Gasteiger partial charge in [0.2, 0.25) is 11.9 Å². The number of carbonyl (C=O) groups is 1. The summed E-state index contributed by atoms with van der Waals surface area (Å²) in [5, 5.41) is 7.24. The quantitative estimate of drug-likeness (QED) is 0.870. The largest absolute Gasteiger partial charge is 0.368 e. The van der Waals surface area contributed by atoms with Crippen molar-refractivity contribution in [2.45, 2.75) is 19.3 Å². The molecular weight excluding hydrogens is 216 g/mol. The number of hydrogen-bond acceptors (Lipinski definition) is 4. The standard InChI is InChI=1S/C12H14N4O/c1-2-10(9-6-4-3-5-7-9)11(17)16-8-14-15-12(16)13/h3-8,10H,2H2,1H3,(H2,13,15). The van der Waals surface area contributed by atoms with Crippen LogP contribution in [0.2, 0.25) is 0 Å². The molecule has 1 heterocycles. The highest BCUT2D eigenvalue weighted by Gasteiger charge is 2.21. The van der Waals surface area contributed by atoms with Crippen LogP contribution in [0.5, 0.6) is 0 Å². The molecule has 2 N–H and O–H groups in total. The van der Waals surface area contributed by atoms with E-state index in [9.17, 15) is 4.79 Å². The van der Waals surface area contributed by atoms with Gasteiger partial charge in [0, 0.05) is 0 Å². The van der Waals surface area contributed by atoms with Gasteiger partial charge in [-0.2, -0.15) is 0 Å². The Bertz CT molecular complexity index is 506. The second kappa shape index (κ2) is 4.78. The van der Waals surface area contributed by atoms with Crippen LogP contribution in [0.3, 0.4) is 0 Å². The number of rotatable bonds is 3. The maximum absolute atomic E-state index is 12.3. The molecule has 0 spiro atoms. The minimum absolute atomic E-state index is 0.0961. The first-order valence-electron chi connectivity index (χ1n) is 5.48. The van der Waals surface area contributed by atoms with Gasteiger partial charge >= 0.3 is 0 Å². The lowest BCUT2D eigenvalue weighted by Gasteiger charge is -2.14. The molecule has 5 nitrogen and oxygen atoms in total. The molecule has 0 amide bonds. The molecule has 1 unspecified atom stereocenters. The maximum atomic E-state index is 12.3. The molecule has 88 valence electrons. The Hall–Kier alpha value is -2.17. The van der Waals surface area contributed by atoms with E-state index in [4.69, 9.17) is 5.73 Å². The molecule has 1 aromatic carbocycles. The van der Waals surface area contributed by atoms with Gasteiger partial charge in [0.05, 0.1) is 5.92 Å². The monoisotopic (exact) mass is 230 g/mol. The summed E-state index contributed by atoms with van der Waals surface area (Å²) in [6.07, 6.45) is 2.06. The van der Waals surface area contributed by atoms with Crippen molar-refractivity contribution in [1.82, 2.24) is 14.8 Å². The molecule has 0 fully saturated rings. The fourth-order valence-electron chi connectivity index (χ4n) is 1.82. The summed E-state index contributed by atoms with van der Waals surface area (Å²) in [7, 11) is 0. The zero-order valence-corrected chi connectivity index (χ0v) is 9.58. The summed E-state index contributed by atoms with van der Waals surface area (Å²) in [6.45, 7) is 1.97. The van der Waals surface area contributed by atoms with Crippen molar-refractivity contribution in [2.24, 2.45) is 0 Å². The lowest BCUT2D eigenvalue weighted by atomic mass is 9.96. The summed E-state index contributed by atoms with van der Waals surface area (Å²) >= 11 is 0. The Balaban J connectivity index is 2.32. The van der Waals surface area contributed by atoms with Crippen molar-refractivity contribution in [3.8, 4) is 0 Å². The number of nitrogen functional groups attached to an aromatic ring is 1. The predicted molar refractivity (Wildman–Crippen MR) is 64.5 cm³/mol. The van der Waals surface area contributed by atoms with Crippen LogP contribution >= 0.6 is 0 Å². The Morgan fingerprint density at radius 1 is 1.41 bits per heavy atom. The van der Waals surface area contributed by atoms with E-state index in [2.05, 4.69) is 10.2 Å². The van der Waals surface area contributed by atoms with Crippen molar-refractivity contribution in [3.05, 3.63) is 42.2 Å². The number of nitrogens with zero attached hydrogens (tertiary/aromatic N) is 3. The molecule has 2 aromatic rings. The van der Waals surface area contributed by atoms with E-state index in [-0.39, 0.29) is 17.8 Å². The SMILES string of the molecule is CCC(C(=O)n1cnnc1N)c1ccccc1. The lowest BCUT2D eigenvalue weighted by molar-refractivity contribution is 0.0877. The zero-order valence-electron chi connectivity index (χ0n) is 9.58. The minimum Gasteiger partial charge on any atom is -0.368 e. The summed E-state index contributed by atoms with van der Waals surface area (Å²) in [4.78, 5) is 12.3. The summed E-state index contributed by atoms with van der Waals surface area (Å²) in [6, 6.07) is 9.63. The summed E-state index contributed by atoms with van der Waals surface area (Å²) in [5.41, 5.74) is 6.56. The first-order valence-corrected chi connectivity index (χ1v) is 5.48. The van der Waals surface area contributed by atoms with Crippen molar-refractivity contribution in [3.63, 3.8) is 0 Å². The van der Waals surface area contributed by atoms with Crippen LogP contribution in [-0.2, 0) is 0 Å². The molecule has 0 aliphatic heterocycles. The fraction of sp³-hybridized carbons (Fsp3) is 0.250. The van der Waals surface area contributed by atoms with Crippen LogP contribution in [-0.4, -0.2) is 20.7 Å². The Kier molecular flexibility index (Phi) is 3.18. The zero-order chi connectivity index (χ0) is 12.3. The van der Waals surface area contributed by atoms with Crippen LogP contribution in [0.25, 0.3) is 0 Å². The smallest absolute Gasteiger partial charge is 0.242 e. The highest BCUT2D eigenvalue weighted by molar-refractivity contribution is 5.87. The van der Waals surface area contributed by atoms with E-state index in [1.165, 1.54) is 10.9 Å². The number of carbonyl (C=O) groups excluding carboxylic acids is 1. The van der Waals surface area contributed by atoms with Crippen molar-refractivity contribution in [1.29, 1.82) is 0 Å². The topological polar surface area (TPSA) is 73.8 Å². The van der Waals surface area contributed by atoms with Crippen molar-refractivity contribution < 1.29 is 4.79 Å². The Labute approximate surface area is 99.3 Å². The highest BCUT2D eigenvalue weighted by Crippen LogP contribution is 2.21. The summed E-state index contributed by atoms with van der Waals surface area (Å²) in [5.74, 6) is -0.180. The average Bonchev–Trinajstić information content (AvgIpc) is 2.77. The van der Waals surface area contributed by atoms with E-state index in [1.54, 1.807) is 0 Å². The Morgan fingerprint density at radius 2 is 2.12 bits per heavy atom. The number of anilines is 1. The molecule has 2 rings (SSSR count). The van der Waals surface area contributed by atoms with Crippen LogP contribution in [0.1, 0.15) is 29.6 Å². The third kappa shape index (κ3) is 2.18. The molecule has 0 saturated heterocycles. The van der Waals surface area contributed by atoms with Gasteiger partial charge in [0.15, 0.2) is 0 Å². The lowest BCUT2D eigenvalue weighted by Crippen LogP contribution is -2.20. The van der Waals surface area contributed by atoms with Gasteiger partial charge in [-0.1, -0.05) is 37.3 Å². The van der Waals surface area contributed by atoms with Gasteiger partial charge in [-0.25, -0.2) is 4.57 Å². The molecule has 1 atom stereocenters. The van der Waals surface area contributed by atoms with E-state index in [0.717, 1.165) is 5.56 Å².